The Labute approximate surface area is 189 Å². The van der Waals surface area contributed by atoms with Gasteiger partial charge in [0, 0.05) is 10.6 Å². The van der Waals surface area contributed by atoms with E-state index < -0.39 is 5.25 Å². The third-order valence-corrected chi connectivity index (χ3v) is 6.79. The number of rotatable bonds is 5. The van der Waals surface area contributed by atoms with E-state index in [0.29, 0.717) is 26.6 Å². The highest BCUT2D eigenvalue weighted by Gasteiger charge is 2.26. The third kappa shape index (κ3) is 4.29. The van der Waals surface area contributed by atoms with Gasteiger partial charge in [0.15, 0.2) is 5.82 Å². The molecule has 2 aromatic carbocycles. The average molecular weight is 462 g/mol. The predicted molar refractivity (Wildman–Crippen MR) is 121 cm³/mol. The molecule has 0 radical (unpaired) electrons. The third-order valence-electron chi connectivity index (χ3n) is 5.17. The van der Waals surface area contributed by atoms with Crippen LogP contribution in [0, 0.1) is 0 Å². The van der Waals surface area contributed by atoms with Gasteiger partial charge in [0.1, 0.15) is 0 Å². The fourth-order valence-corrected chi connectivity index (χ4v) is 4.77. The first-order valence-corrected chi connectivity index (χ1v) is 11.3. The maximum Gasteiger partial charge on any atom is 0.233 e. The molecule has 0 fully saturated rings. The summed E-state index contributed by atoms with van der Waals surface area (Å²) in [4.78, 5) is 12.8. The number of hydrogen-bond donors (Lipinski definition) is 2. The predicted octanol–water partition coefficient (Wildman–Crippen LogP) is 4.64. The van der Waals surface area contributed by atoms with Crippen molar-refractivity contribution in [3.8, 4) is 11.4 Å². The van der Waals surface area contributed by atoms with Gasteiger partial charge in [-0.1, -0.05) is 59.2 Å². The summed E-state index contributed by atoms with van der Waals surface area (Å²) >= 11 is 13.6. The van der Waals surface area contributed by atoms with E-state index in [0.717, 1.165) is 19.3 Å². The highest BCUT2D eigenvalue weighted by molar-refractivity contribution is 8.00. The normalized spacial score (nSPS) is 16.7. The monoisotopic (exact) mass is 461 g/mol. The molecule has 1 amide bonds. The molecular weight excluding hydrogens is 441 g/mol. The van der Waals surface area contributed by atoms with E-state index in [9.17, 15) is 4.79 Å². The van der Waals surface area contributed by atoms with Gasteiger partial charge in [-0.2, -0.15) is 0 Å². The topological polar surface area (TPSA) is 85.8 Å². The first-order chi connectivity index (χ1) is 14.4. The Balaban J connectivity index is 1.47. The van der Waals surface area contributed by atoms with E-state index in [1.54, 1.807) is 18.2 Å². The summed E-state index contributed by atoms with van der Waals surface area (Å²) in [6.07, 6.45) is 3.05. The van der Waals surface area contributed by atoms with Gasteiger partial charge in [-0.3, -0.25) is 4.79 Å². The largest absolute Gasteiger partial charge is 0.348 e. The van der Waals surface area contributed by atoms with Crippen LogP contribution in [-0.2, 0) is 11.2 Å². The Bertz CT molecular complexity index is 1090. The summed E-state index contributed by atoms with van der Waals surface area (Å²) in [5.74, 6) is 6.51. The summed E-state index contributed by atoms with van der Waals surface area (Å²) in [6, 6.07) is 13.4. The van der Waals surface area contributed by atoms with Crippen molar-refractivity contribution in [1.82, 2.24) is 20.2 Å². The van der Waals surface area contributed by atoms with Crippen molar-refractivity contribution in [2.24, 2.45) is 0 Å². The number of aryl methyl sites for hydroxylation is 1. The molecule has 6 nitrogen and oxygen atoms in total. The number of aromatic nitrogens is 3. The lowest BCUT2D eigenvalue weighted by Crippen LogP contribution is -2.36. The summed E-state index contributed by atoms with van der Waals surface area (Å²) in [7, 11) is 0. The van der Waals surface area contributed by atoms with Crippen molar-refractivity contribution >= 4 is 40.9 Å². The van der Waals surface area contributed by atoms with Crippen molar-refractivity contribution in [2.45, 2.75) is 42.6 Å². The number of nitrogen functional groups attached to an aromatic ring is 1. The number of thioether (sulfide) groups is 1. The van der Waals surface area contributed by atoms with Crippen LogP contribution in [0.15, 0.2) is 47.6 Å². The molecule has 1 aliphatic rings. The maximum absolute atomic E-state index is 12.8. The van der Waals surface area contributed by atoms with E-state index >= 15 is 0 Å². The van der Waals surface area contributed by atoms with Gasteiger partial charge in [0.2, 0.25) is 11.1 Å². The molecule has 30 heavy (non-hydrogen) atoms. The highest BCUT2D eigenvalue weighted by atomic mass is 35.5. The molecule has 0 saturated carbocycles. The van der Waals surface area contributed by atoms with E-state index in [2.05, 4.69) is 27.6 Å². The van der Waals surface area contributed by atoms with Crippen LogP contribution >= 0.6 is 35.0 Å². The van der Waals surface area contributed by atoms with Crippen molar-refractivity contribution in [1.29, 1.82) is 0 Å². The molecule has 0 spiro atoms. The second kappa shape index (κ2) is 8.88. The Morgan fingerprint density at radius 3 is 2.90 bits per heavy atom. The van der Waals surface area contributed by atoms with E-state index in [1.165, 1.54) is 27.6 Å². The van der Waals surface area contributed by atoms with Crippen LogP contribution in [0.3, 0.4) is 0 Å². The number of hydrogen-bond acceptors (Lipinski definition) is 5. The van der Waals surface area contributed by atoms with Gasteiger partial charge < -0.3 is 11.2 Å². The maximum atomic E-state index is 12.8. The minimum Gasteiger partial charge on any atom is -0.348 e. The van der Waals surface area contributed by atoms with Crippen LogP contribution in [0.1, 0.15) is 36.9 Å². The smallest absolute Gasteiger partial charge is 0.233 e. The quantitative estimate of drug-likeness (QED) is 0.426. The highest BCUT2D eigenvalue weighted by Crippen LogP contribution is 2.32. The molecule has 1 aromatic heterocycles. The number of carbonyl (C=O) groups excluding carboxylic acids is 1. The van der Waals surface area contributed by atoms with Crippen molar-refractivity contribution < 1.29 is 4.79 Å². The molecule has 0 aliphatic heterocycles. The van der Waals surface area contributed by atoms with Crippen LogP contribution in [-0.4, -0.2) is 26.0 Å². The van der Waals surface area contributed by atoms with Gasteiger partial charge in [0.25, 0.3) is 0 Å². The summed E-state index contributed by atoms with van der Waals surface area (Å²) < 4.78 is 1.34. The van der Waals surface area contributed by atoms with Gasteiger partial charge in [-0.15, -0.1) is 10.2 Å². The minimum atomic E-state index is -0.395. The first kappa shape index (κ1) is 21.0. The SMILES string of the molecule is CC(Sc1nnc(-c2cc(Cl)ccc2Cl)n1N)C(=O)NC1CCCc2ccccc21. The molecule has 1 heterocycles. The molecule has 9 heteroatoms. The van der Waals surface area contributed by atoms with Gasteiger partial charge in [-0.25, -0.2) is 4.68 Å². The van der Waals surface area contributed by atoms with Crippen LogP contribution in [0.2, 0.25) is 10.0 Å². The Kier molecular flexibility index (Phi) is 6.22. The Morgan fingerprint density at radius 1 is 1.27 bits per heavy atom. The first-order valence-electron chi connectivity index (χ1n) is 9.65. The number of fused-ring (bicyclic) bond motifs is 1. The van der Waals surface area contributed by atoms with E-state index in [-0.39, 0.29) is 11.9 Å². The van der Waals surface area contributed by atoms with Gasteiger partial charge in [-0.05, 0) is 55.5 Å². The van der Waals surface area contributed by atoms with E-state index in [1.807, 2.05) is 19.1 Å². The van der Waals surface area contributed by atoms with Crippen molar-refractivity contribution in [3.63, 3.8) is 0 Å². The molecule has 156 valence electrons. The Hall–Kier alpha value is -2.22. The number of amides is 1. The molecule has 3 aromatic rings. The zero-order valence-electron chi connectivity index (χ0n) is 16.3. The average Bonchev–Trinajstić information content (AvgIpc) is 3.10. The molecule has 4 rings (SSSR count). The molecular formula is C21H21Cl2N5OS. The molecule has 2 atom stereocenters. The van der Waals surface area contributed by atoms with E-state index in [4.69, 9.17) is 29.0 Å². The molecule has 0 bridgehead atoms. The van der Waals surface area contributed by atoms with Crippen LogP contribution in [0.25, 0.3) is 11.4 Å². The number of carbonyl (C=O) groups is 1. The fraction of sp³-hybridized carbons (Fsp3) is 0.286. The molecule has 0 saturated heterocycles. The number of nitrogens with zero attached hydrogens (tertiary/aromatic N) is 3. The standard InChI is InChI=1S/C21H21Cl2N5OS/c1-12(20(29)25-18-8-4-6-13-5-2-3-7-15(13)18)30-21-27-26-19(28(21)24)16-11-14(22)9-10-17(16)23/h2-3,5,7,9-12,18H,4,6,8,24H2,1H3,(H,25,29). The van der Waals surface area contributed by atoms with Crippen molar-refractivity contribution in [2.75, 3.05) is 5.84 Å². The second-order valence-electron chi connectivity index (χ2n) is 7.21. The van der Waals surface area contributed by atoms with Crippen LogP contribution in [0.4, 0.5) is 0 Å². The lowest BCUT2D eigenvalue weighted by Gasteiger charge is -2.27. The van der Waals surface area contributed by atoms with Crippen LogP contribution < -0.4 is 11.2 Å². The van der Waals surface area contributed by atoms with Crippen molar-refractivity contribution in [3.05, 3.63) is 63.6 Å². The number of benzene rings is 2. The molecule has 1 aliphatic carbocycles. The minimum absolute atomic E-state index is 0.0297. The van der Waals surface area contributed by atoms with Crippen LogP contribution in [0.5, 0.6) is 0 Å². The van der Waals surface area contributed by atoms with Gasteiger partial charge >= 0.3 is 0 Å². The second-order valence-corrected chi connectivity index (χ2v) is 9.36. The number of halogens is 2. The lowest BCUT2D eigenvalue weighted by molar-refractivity contribution is -0.121. The molecule has 2 unspecified atom stereocenters. The number of nitrogens with one attached hydrogen (secondary N) is 1. The van der Waals surface area contributed by atoms with Gasteiger partial charge in [0.05, 0.1) is 16.3 Å². The summed E-state index contributed by atoms with van der Waals surface area (Å²) in [5, 5.41) is 12.5. The zero-order chi connectivity index (χ0) is 21.3. The fourth-order valence-electron chi connectivity index (χ4n) is 3.61. The summed E-state index contributed by atoms with van der Waals surface area (Å²) in [5.41, 5.74) is 3.09. The number of nitrogens with two attached hydrogens (primary N) is 1. The summed E-state index contributed by atoms with van der Waals surface area (Å²) in [6.45, 7) is 1.83. The Morgan fingerprint density at radius 2 is 2.07 bits per heavy atom. The molecule has 3 N–H and O–H groups in total. The lowest BCUT2D eigenvalue weighted by atomic mass is 9.88. The zero-order valence-corrected chi connectivity index (χ0v) is 18.6.